The van der Waals surface area contributed by atoms with Gasteiger partial charge >= 0.3 is 17.9 Å². The maximum atomic E-state index is 14.9. The van der Waals surface area contributed by atoms with Crippen molar-refractivity contribution in [3.05, 3.63) is 137 Å². The molecule has 144 heavy (non-hydrogen) atoms. The molecule has 20 N–H and O–H groups in total. The number of nitrogens with one attached hydrogen (secondary N) is 17. The van der Waals surface area contributed by atoms with E-state index in [1.807, 2.05) is 58.0 Å². The average molecular weight is 2080 g/mol. The standard InChI is InChI=1S/C48H62ClN11O13S2.C46H66N10O12S/c1-24(2)12-31-42(67)58-36(41(66)50-4)21-74-75-22-37(59-45(70)34(16-28-19-51-23-52-28)55-43(68)32(53-25(3)61)14-26-8-6-5-7-9-26)48(73)60-20-29(62)17-38(60)47(72)57-33(15-27-10-11-39(63)30(49)13-27)44(69)56-35(18-40(64)65)46(71)54-31;1-8-27(4)37(55-40(62)28(5)19-30-21-47-24-52-30)42(64)53-31(18-26(2)3)41(63)51-23-35(60)50-22-34(59)49-17-16-48-32(57)14-15-36(61)67-25-68-45(66)39-46(6,7)69-44-38(43(65)56(39)44)54-33(58)20-29-12-10-9-11-13-29/h5-11,13,19,23-24,29,31-38,62-63H,12,14-18,20-22H2,1-4H3,(H,50,66)(H,51,52)(H,53,61)(H,54,71)(H,55,68)(H,56,69)(H,57,72)(H,58,67)(H,59,70)(H,64,65);9-13,21,24,26-28,31,37-39,44H,8,14-20,22-23,25H2,1-7H3,(H,47,52)(H,48,57)(H,49,59)(H,50,60)(H,51,63)(H,53,64)(H,54,58)(H,55,62)/t29?,31-,32-,33-,34-,35-,36-,37-,38?;27?,28?,31-,37-,38+,39?,44+/m00/s1. The highest BCUT2D eigenvalue weighted by Gasteiger charge is 2.65. The topological polar surface area (TPSA) is 665 Å². The van der Waals surface area contributed by atoms with E-state index in [0.717, 1.165) is 37.7 Å². The fourth-order valence-electron chi connectivity index (χ4n) is 15.8. The summed E-state index contributed by atoms with van der Waals surface area (Å²) in [6.07, 6.45) is 3.53. The van der Waals surface area contributed by atoms with E-state index in [1.54, 1.807) is 71.1 Å². The number of aromatic amines is 2. The van der Waals surface area contributed by atoms with Crippen LogP contribution in [0.4, 0.5) is 0 Å². The molecule has 50 heteroatoms. The number of aliphatic hydroxyl groups excluding tert-OH is 1. The first-order valence-corrected chi connectivity index (χ1v) is 50.6. The van der Waals surface area contributed by atoms with Gasteiger partial charge in [-0.25, -0.2) is 14.8 Å². The number of imidazole rings is 2. The summed E-state index contributed by atoms with van der Waals surface area (Å²) >= 11 is 7.54. The molecule has 3 aromatic carbocycles. The van der Waals surface area contributed by atoms with Crippen molar-refractivity contribution in [2.75, 3.05) is 58.1 Å². The van der Waals surface area contributed by atoms with Crippen molar-refractivity contribution in [2.45, 2.75) is 235 Å². The van der Waals surface area contributed by atoms with Gasteiger partial charge in [-0.2, -0.15) is 0 Å². The number of carboxylic acid groups (broad SMARTS) is 1. The SMILES string of the molecule is CCC(C)[C@H](NC(=O)C(C)Cc1cnc[nH]1)C(=O)N[C@@H](CC(C)C)C(=O)NCC(=O)NCC(=O)NCCNC(=O)CCC(=O)OCOC(=O)C1N2C(=O)[C@@H](NC(=O)Cc3ccccc3)[C@H]2SC1(C)C.CNC(=O)[C@@H]1CSSC[C@H](NC(=O)[C@H](Cc2cnc[nH]2)NC(=O)[C@H](Cc2ccccc2)NC(C)=O)C(=O)N2CC(O)CC2C(=O)N[C@@H](Cc2ccc(O)c(Cl)c2)C(=O)N[C@@H](CC(=O)O)C(=O)N[C@@H](CC(C)C)C(=O)N1. The third-order valence-corrected chi connectivity index (χ3v) is 27.7. The molecule has 4 saturated heterocycles. The Balaban J connectivity index is 0.000000353. The Morgan fingerprint density at radius 1 is 0.604 bits per heavy atom. The number of fused-ring (bicyclic) bond motifs is 2. The number of carbonyl (C=O) groups is 20. The number of carboxylic acids is 1. The number of aromatic nitrogens is 4. The van der Waals surface area contributed by atoms with Crippen LogP contribution in [-0.4, -0.2) is 310 Å². The lowest BCUT2D eigenvalue weighted by atomic mass is 9.95. The molecule has 46 nitrogen and oxygen atoms in total. The number of halogens is 1. The van der Waals surface area contributed by atoms with Crippen LogP contribution in [0.25, 0.3) is 0 Å². The lowest BCUT2D eigenvalue weighted by Crippen LogP contribution is -2.70. The first kappa shape index (κ1) is 116. The van der Waals surface area contributed by atoms with Crippen LogP contribution in [0.2, 0.25) is 5.02 Å². The molecule has 5 unspecified atom stereocenters. The summed E-state index contributed by atoms with van der Waals surface area (Å²) < 4.78 is 9.39. The number of hydrogen-bond donors (Lipinski definition) is 20. The number of aromatic hydroxyl groups is 1. The first-order chi connectivity index (χ1) is 68.3. The molecule has 0 spiro atoms. The van der Waals surface area contributed by atoms with Crippen molar-refractivity contribution in [3.63, 3.8) is 0 Å². The summed E-state index contributed by atoms with van der Waals surface area (Å²) in [6.45, 7) is 15.4. The van der Waals surface area contributed by atoms with Crippen LogP contribution >= 0.6 is 45.0 Å². The van der Waals surface area contributed by atoms with Gasteiger partial charge in [0.1, 0.15) is 83.6 Å². The van der Waals surface area contributed by atoms with E-state index in [1.165, 1.54) is 67.7 Å². The molecular weight excluding hydrogens is 1950 g/mol. The van der Waals surface area contributed by atoms with Crippen LogP contribution in [0.15, 0.2) is 104 Å². The zero-order chi connectivity index (χ0) is 106. The zero-order valence-electron chi connectivity index (χ0n) is 81.6. The van der Waals surface area contributed by atoms with Gasteiger partial charge in [-0.3, -0.25) is 91.1 Å². The number of phenols is 1. The number of benzene rings is 3. The monoisotopic (exact) mass is 2080 g/mol. The number of carbonyl (C=O) groups excluding carboxylic acids is 19. The van der Waals surface area contributed by atoms with E-state index >= 15 is 0 Å². The fraction of sp³-hybridized carbons (Fsp3) is 0.532. The van der Waals surface area contributed by atoms with Gasteiger partial charge in [-0.15, -0.1) is 11.8 Å². The summed E-state index contributed by atoms with van der Waals surface area (Å²) in [6, 6.07) is 6.48. The molecule has 6 heterocycles. The number of β-lactam (4-membered cyclic amide) rings is 1. The Labute approximate surface area is 848 Å². The molecule has 9 rings (SSSR count). The molecule has 0 aliphatic carbocycles. The van der Waals surface area contributed by atoms with Gasteiger partial charge in [0.2, 0.25) is 107 Å². The Morgan fingerprint density at radius 2 is 1.20 bits per heavy atom. The summed E-state index contributed by atoms with van der Waals surface area (Å²) in [5, 5.41) is 69.3. The molecular formula is C94H128ClN21O25S3. The van der Waals surface area contributed by atoms with E-state index in [-0.39, 0.29) is 128 Å². The average Bonchev–Trinajstić information content (AvgIpc) is 1.55. The number of aliphatic hydroxyl groups is 1. The number of thioether (sulfide) groups is 1. The number of aliphatic carboxylic acids is 1. The van der Waals surface area contributed by atoms with E-state index in [4.69, 9.17) is 21.1 Å². The normalized spacial score (nSPS) is 20.8. The van der Waals surface area contributed by atoms with E-state index in [9.17, 15) is 111 Å². The third kappa shape index (κ3) is 36.5. The first-order valence-electron chi connectivity index (χ1n) is 46.9. The van der Waals surface area contributed by atoms with Crippen molar-refractivity contribution in [1.82, 2.24) is 109 Å². The van der Waals surface area contributed by atoms with Gasteiger partial charge in [-0.05, 0) is 73.3 Å². The molecule has 2 aromatic heterocycles. The van der Waals surface area contributed by atoms with E-state index in [2.05, 4.69) is 99.7 Å². The van der Waals surface area contributed by atoms with Crippen LogP contribution in [0.5, 0.6) is 5.75 Å². The van der Waals surface area contributed by atoms with Crippen LogP contribution in [0.3, 0.4) is 0 Å². The number of rotatable bonds is 43. The van der Waals surface area contributed by atoms with Crippen LogP contribution in [0.1, 0.15) is 142 Å². The second-order valence-electron chi connectivity index (χ2n) is 36.4. The molecule has 0 saturated carbocycles. The lowest BCUT2D eigenvalue weighted by molar-refractivity contribution is -0.177. The fourth-order valence-corrected chi connectivity index (χ4v) is 19.9. The van der Waals surface area contributed by atoms with Crippen molar-refractivity contribution in [1.29, 1.82) is 0 Å². The van der Waals surface area contributed by atoms with Gasteiger partial charge in [0.05, 0.1) is 56.1 Å². The van der Waals surface area contributed by atoms with Gasteiger partial charge in [0.15, 0.2) is 0 Å². The van der Waals surface area contributed by atoms with Crippen molar-refractivity contribution in [3.8, 4) is 5.75 Å². The van der Waals surface area contributed by atoms with E-state index in [0.29, 0.717) is 24.1 Å². The Bertz CT molecular complexity index is 5320. The molecule has 4 fully saturated rings. The summed E-state index contributed by atoms with van der Waals surface area (Å²) in [7, 11) is 3.34. The van der Waals surface area contributed by atoms with Crippen LogP contribution in [0, 0.1) is 23.7 Å². The number of ether oxygens (including phenoxy) is 2. The maximum Gasteiger partial charge on any atom is 0.333 e. The molecule has 4 aliphatic rings. The maximum absolute atomic E-state index is 14.9. The molecule has 4 aliphatic heterocycles. The number of phenolic OH excluding ortho intramolecular Hbond substituents is 1. The molecule has 17 amide bonds. The minimum atomic E-state index is -1.83. The zero-order valence-corrected chi connectivity index (χ0v) is 84.8. The predicted octanol–water partition coefficient (Wildman–Crippen LogP) is -1.44. The smallest absolute Gasteiger partial charge is 0.333 e. The number of hydrogen-bond acceptors (Lipinski definition) is 29. The second kappa shape index (κ2) is 56.6. The number of esters is 2. The highest BCUT2D eigenvalue weighted by atomic mass is 35.5. The van der Waals surface area contributed by atoms with Gasteiger partial charge in [0, 0.05) is 118 Å². The van der Waals surface area contributed by atoms with E-state index < -0.39 is 234 Å². The van der Waals surface area contributed by atoms with Crippen LogP contribution < -0.4 is 79.8 Å². The quantitative estimate of drug-likeness (QED) is 0.00699. The summed E-state index contributed by atoms with van der Waals surface area (Å²) in [5.41, 5.74) is 2.96. The Hall–Kier alpha value is -13.4. The third-order valence-electron chi connectivity index (χ3n) is 23.4. The molecule has 784 valence electrons. The van der Waals surface area contributed by atoms with Crippen molar-refractivity contribution < 1.29 is 121 Å². The largest absolute Gasteiger partial charge is 0.506 e. The minimum Gasteiger partial charge on any atom is -0.506 e. The Kier molecular flexibility index (Phi) is 45.5. The molecule has 5 aromatic rings. The van der Waals surface area contributed by atoms with Gasteiger partial charge < -0.3 is 124 Å². The summed E-state index contributed by atoms with van der Waals surface area (Å²) in [4.78, 5) is 282. The highest BCUT2D eigenvalue weighted by molar-refractivity contribution is 8.76. The number of H-pyrrole nitrogens is 2. The second-order valence-corrected chi connectivity index (χ2v) is 41.1. The van der Waals surface area contributed by atoms with Gasteiger partial charge in [-0.1, -0.05) is 155 Å². The Morgan fingerprint density at radius 3 is 1.82 bits per heavy atom. The summed E-state index contributed by atoms with van der Waals surface area (Å²) in [5.74, 6) is -16.4. The number of nitrogens with zero attached hydrogens (tertiary/aromatic N) is 4. The highest BCUT2D eigenvalue weighted by Crippen LogP contribution is 2.51. The van der Waals surface area contributed by atoms with Crippen molar-refractivity contribution >= 4 is 163 Å². The van der Waals surface area contributed by atoms with Gasteiger partial charge in [0.25, 0.3) is 0 Å². The molecule has 0 radical (unpaired) electrons. The molecule has 0 bridgehead atoms. The molecule has 16 atom stereocenters. The number of likely N-dealkylation sites (N-methyl/N-ethyl adjacent to an activating group) is 1. The minimum absolute atomic E-state index is 0.00105. The van der Waals surface area contributed by atoms with Crippen molar-refractivity contribution in [2.24, 2.45) is 23.7 Å². The lowest BCUT2D eigenvalue weighted by Gasteiger charge is -2.43. The number of amides is 17. The predicted molar refractivity (Wildman–Crippen MR) is 526 cm³/mol. The van der Waals surface area contributed by atoms with Crippen LogP contribution in [-0.2, 0) is 137 Å².